The van der Waals surface area contributed by atoms with E-state index in [2.05, 4.69) is 27.5 Å². The number of hydrogen-bond donors (Lipinski definition) is 2. The van der Waals surface area contributed by atoms with Gasteiger partial charge in [-0.15, -0.1) is 0 Å². The van der Waals surface area contributed by atoms with Crippen LogP contribution in [0.2, 0.25) is 0 Å². The normalized spacial score (nSPS) is 18.2. The Morgan fingerprint density at radius 3 is 2.87 bits per heavy atom. The van der Waals surface area contributed by atoms with Crippen molar-refractivity contribution in [3.63, 3.8) is 0 Å². The third-order valence-corrected chi connectivity index (χ3v) is 3.18. The minimum Gasteiger partial charge on any atom is -0.325 e. The molecular weight excluding hydrogens is 188 g/mol. The van der Waals surface area contributed by atoms with E-state index in [9.17, 15) is 0 Å². The van der Waals surface area contributed by atoms with Crippen molar-refractivity contribution < 1.29 is 0 Å². The highest BCUT2D eigenvalue weighted by Gasteiger charge is 2.37. The van der Waals surface area contributed by atoms with Crippen LogP contribution >= 0.6 is 0 Å². The van der Waals surface area contributed by atoms with Crippen molar-refractivity contribution in [1.82, 2.24) is 15.4 Å². The Bertz CT molecular complexity index is 484. The molecule has 15 heavy (non-hydrogen) atoms. The van der Waals surface area contributed by atoms with Gasteiger partial charge in [-0.25, -0.2) is 0 Å². The predicted octanol–water partition coefficient (Wildman–Crippen LogP) is 1.38. The molecular formula is C11H14N4. The molecule has 0 bridgehead atoms. The van der Waals surface area contributed by atoms with Crippen molar-refractivity contribution >= 4 is 11.0 Å². The third kappa shape index (κ3) is 1.72. The summed E-state index contributed by atoms with van der Waals surface area (Å²) in [6, 6.07) is 6.20. The molecule has 1 saturated carbocycles. The van der Waals surface area contributed by atoms with E-state index in [0.29, 0.717) is 0 Å². The number of aromatic nitrogens is 3. The average molecular weight is 202 g/mol. The molecule has 1 aliphatic rings. The largest absolute Gasteiger partial charge is 0.325 e. The number of nitrogens with one attached hydrogen (secondary N) is 1. The topological polar surface area (TPSA) is 67.6 Å². The molecule has 1 fully saturated rings. The van der Waals surface area contributed by atoms with E-state index in [1.807, 2.05) is 6.07 Å². The average Bonchev–Trinajstić information content (AvgIpc) is 2.80. The van der Waals surface area contributed by atoms with Gasteiger partial charge in [0.25, 0.3) is 0 Å². The molecule has 0 aliphatic heterocycles. The van der Waals surface area contributed by atoms with Crippen molar-refractivity contribution in [2.45, 2.75) is 31.2 Å². The Hall–Kier alpha value is -1.42. The smallest absolute Gasteiger partial charge is 0.113 e. The number of nitrogens with two attached hydrogens (primary N) is 1. The highest BCUT2D eigenvalue weighted by atomic mass is 15.3. The second-order valence-electron chi connectivity index (χ2n) is 4.51. The zero-order valence-electron chi connectivity index (χ0n) is 8.53. The second kappa shape index (κ2) is 3.03. The lowest BCUT2D eigenvalue weighted by atomic mass is 10.0. The van der Waals surface area contributed by atoms with E-state index >= 15 is 0 Å². The SMILES string of the molecule is NC1(CCc2ccc3n[nH]nc3c2)CC1. The van der Waals surface area contributed by atoms with Gasteiger partial charge in [0.15, 0.2) is 0 Å². The highest BCUT2D eigenvalue weighted by molar-refractivity contribution is 5.74. The number of benzene rings is 1. The first-order valence-corrected chi connectivity index (χ1v) is 5.34. The summed E-state index contributed by atoms with van der Waals surface area (Å²) in [6.07, 6.45) is 4.48. The fourth-order valence-electron chi connectivity index (χ4n) is 1.85. The molecule has 78 valence electrons. The summed E-state index contributed by atoms with van der Waals surface area (Å²) in [5, 5.41) is 10.7. The van der Waals surface area contributed by atoms with Crippen LogP contribution in [-0.4, -0.2) is 20.9 Å². The predicted molar refractivity (Wildman–Crippen MR) is 58.4 cm³/mol. The van der Waals surface area contributed by atoms with Crippen LogP contribution in [0.5, 0.6) is 0 Å². The van der Waals surface area contributed by atoms with Crippen LogP contribution in [0.3, 0.4) is 0 Å². The number of H-pyrrole nitrogens is 1. The molecule has 0 spiro atoms. The van der Waals surface area contributed by atoms with Crippen LogP contribution in [0.1, 0.15) is 24.8 Å². The van der Waals surface area contributed by atoms with Gasteiger partial charge < -0.3 is 5.73 Å². The monoisotopic (exact) mass is 202 g/mol. The minimum atomic E-state index is 0.138. The Labute approximate surface area is 87.9 Å². The Balaban J connectivity index is 1.78. The number of fused-ring (bicyclic) bond motifs is 1. The fourth-order valence-corrected chi connectivity index (χ4v) is 1.85. The lowest BCUT2D eigenvalue weighted by Crippen LogP contribution is -2.22. The minimum absolute atomic E-state index is 0.138. The number of rotatable bonds is 3. The lowest BCUT2D eigenvalue weighted by Gasteiger charge is -2.07. The van der Waals surface area contributed by atoms with E-state index in [1.165, 1.54) is 18.4 Å². The summed E-state index contributed by atoms with van der Waals surface area (Å²) in [5.41, 5.74) is 9.35. The summed E-state index contributed by atoms with van der Waals surface area (Å²) >= 11 is 0. The summed E-state index contributed by atoms with van der Waals surface area (Å²) in [5.74, 6) is 0. The van der Waals surface area contributed by atoms with Crippen molar-refractivity contribution in [1.29, 1.82) is 0 Å². The van der Waals surface area contributed by atoms with E-state index in [0.717, 1.165) is 23.9 Å². The summed E-state index contributed by atoms with van der Waals surface area (Å²) < 4.78 is 0. The van der Waals surface area contributed by atoms with Gasteiger partial charge in [0.2, 0.25) is 0 Å². The number of aryl methyl sites for hydroxylation is 1. The molecule has 0 unspecified atom stereocenters. The third-order valence-electron chi connectivity index (χ3n) is 3.18. The van der Waals surface area contributed by atoms with Gasteiger partial charge in [0, 0.05) is 5.54 Å². The first-order chi connectivity index (χ1) is 7.25. The van der Waals surface area contributed by atoms with Crippen LogP contribution in [0.4, 0.5) is 0 Å². The van der Waals surface area contributed by atoms with Gasteiger partial charge in [-0.1, -0.05) is 6.07 Å². The van der Waals surface area contributed by atoms with Gasteiger partial charge in [-0.05, 0) is 43.4 Å². The highest BCUT2D eigenvalue weighted by Crippen LogP contribution is 2.36. The number of hydrogen-bond acceptors (Lipinski definition) is 3. The van der Waals surface area contributed by atoms with Gasteiger partial charge in [-0.3, -0.25) is 0 Å². The van der Waals surface area contributed by atoms with Crippen molar-refractivity contribution in [2.75, 3.05) is 0 Å². The van der Waals surface area contributed by atoms with Gasteiger partial charge in [0.05, 0.1) is 0 Å². The molecule has 4 heteroatoms. The molecule has 0 saturated heterocycles. The first-order valence-electron chi connectivity index (χ1n) is 5.34. The van der Waals surface area contributed by atoms with Gasteiger partial charge in [-0.2, -0.15) is 15.4 Å². The van der Waals surface area contributed by atoms with E-state index in [4.69, 9.17) is 5.73 Å². The molecule has 0 atom stereocenters. The molecule has 4 nitrogen and oxygen atoms in total. The molecule has 0 amide bonds. The molecule has 1 aromatic carbocycles. The van der Waals surface area contributed by atoms with Crippen LogP contribution < -0.4 is 5.73 Å². The molecule has 0 radical (unpaired) electrons. The Morgan fingerprint density at radius 2 is 2.07 bits per heavy atom. The zero-order valence-corrected chi connectivity index (χ0v) is 8.53. The van der Waals surface area contributed by atoms with Crippen molar-refractivity contribution in [3.8, 4) is 0 Å². The van der Waals surface area contributed by atoms with E-state index < -0.39 is 0 Å². The Morgan fingerprint density at radius 1 is 1.27 bits per heavy atom. The van der Waals surface area contributed by atoms with Gasteiger partial charge >= 0.3 is 0 Å². The van der Waals surface area contributed by atoms with E-state index in [-0.39, 0.29) is 5.54 Å². The van der Waals surface area contributed by atoms with Crippen molar-refractivity contribution in [3.05, 3.63) is 23.8 Å². The second-order valence-corrected chi connectivity index (χ2v) is 4.51. The zero-order chi connectivity index (χ0) is 10.3. The first kappa shape index (κ1) is 8.85. The standard InChI is InChI=1S/C11H14N4/c12-11(5-6-11)4-3-8-1-2-9-10(7-8)14-15-13-9/h1-2,7H,3-6,12H2,(H,13,14,15). The summed E-state index contributed by atoms with van der Waals surface area (Å²) in [4.78, 5) is 0. The van der Waals surface area contributed by atoms with Crippen LogP contribution in [0.15, 0.2) is 18.2 Å². The fraction of sp³-hybridized carbons (Fsp3) is 0.455. The van der Waals surface area contributed by atoms with Crippen LogP contribution in [0, 0.1) is 0 Å². The molecule has 1 aromatic heterocycles. The summed E-state index contributed by atoms with van der Waals surface area (Å²) in [7, 11) is 0. The quantitative estimate of drug-likeness (QED) is 0.790. The molecule has 3 N–H and O–H groups in total. The maximum Gasteiger partial charge on any atom is 0.113 e. The molecule has 3 rings (SSSR count). The maximum absolute atomic E-state index is 6.05. The van der Waals surface area contributed by atoms with Gasteiger partial charge in [0.1, 0.15) is 11.0 Å². The van der Waals surface area contributed by atoms with Crippen LogP contribution in [-0.2, 0) is 6.42 Å². The molecule has 2 aromatic rings. The van der Waals surface area contributed by atoms with E-state index in [1.54, 1.807) is 0 Å². The van der Waals surface area contributed by atoms with Crippen LogP contribution in [0.25, 0.3) is 11.0 Å². The molecule has 1 aliphatic carbocycles. The number of aromatic amines is 1. The van der Waals surface area contributed by atoms with Crippen molar-refractivity contribution in [2.24, 2.45) is 5.73 Å². The summed E-state index contributed by atoms with van der Waals surface area (Å²) in [6.45, 7) is 0. The number of nitrogens with zero attached hydrogens (tertiary/aromatic N) is 2. The maximum atomic E-state index is 6.05. The Kier molecular flexibility index (Phi) is 1.79. The lowest BCUT2D eigenvalue weighted by molar-refractivity contribution is 0.609. The molecule has 1 heterocycles.